The van der Waals surface area contributed by atoms with E-state index in [0.717, 1.165) is 19.3 Å². The monoisotopic (exact) mass is 332 g/mol. The van der Waals surface area contributed by atoms with Gasteiger partial charge in [0, 0.05) is 11.3 Å². The van der Waals surface area contributed by atoms with E-state index in [-0.39, 0.29) is 6.42 Å². The molecule has 0 aliphatic heterocycles. The molecule has 0 spiro atoms. The number of nitro groups is 1. The lowest BCUT2D eigenvalue weighted by Gasteiger charge is -1.97. The van der Waals surface area contributed by atoms with E-state index in [0.29, 0.717) is 6.42 Å². The second kappa shape index (κ2) is 17.4. The third kappa shape index (κ3) is 14.9. The van der Waals surface area contributed by atoms with Gasteiger partial charge in [0.2, 0.25) is 0 Å². The summed E-state index contributed by atoms with van der Waals surface area (Å²) in [6, 6.07) is -1.20. The number of allylic oxidation sites excluding steroid dienone is 8. The summed E-state index contributed by atoms with van der Waals surface area (Å²) in [5.41, 5.74) is 0. The fourth-order valence-electron chi connectivity index (χ4n) is 2.02. The summed E-state index contributed by atoms with van der Waals surface area (Å²) in [6.07, 6.45) is 26.7. The molecule has 0 N–H and O–H groups in total. The van der Waals surface area contributed by atoms with Gasteiger partial charge < -0.3 is 0 Å². The Morgan fingerprint density at radius 1 is 0.875 bits per heavy atom. The van der Waals surface area contributed by atoms with E-state index in [4.69, 9.17) is 0 Å². The zero-order valence-electron chi connectivity index (χ0n) is 14.7. The van der Waals surface area contributed by atoms with Gasteiger partial charge in [-0.25, -0.2) is 0 Å². The Hall–Kier alpha value is -1.97. The van der Waals surface area contributed by atoms with Crippen molar-refractivity contribution in [2.75, 3.05) is 0 Å². The molecule has 0 bridgehead atoms. The molecule has 133 valence electrons. The fourth-order valence-corrected chi connectivity index (χ4v) is 2.02. The minimum absolute atomic E-state index is 0.214. The molecule has 1 atom stereocenters. The maximum atomic E-state index is 10.4. The van der Waals surface area contributed by atoms with Crippen molar-refractivity contribution in [3.8, 4) is 0 Å². The molecule has 0 amide bonds. The van der Waals surface area contributed by atoms with E-state index in [1.165, 1.54) is 32.0 Å². The molecule has 0 heterocycles. The van der Waals surface area contributed by atoms with Crippen LogP contribution in [0.4, 0.5) is 0 Å². The predicted octanol–water partition coefficient (Wildman–Crippen LogP) is 5.50. The molecule has 0 aromatic carbocycles. The molecule has 0 fully saturated rings. The smallest absolute Gasteiger partial charge is 0.278 e. The van der Waals surface area contributed by atoms with Gasteiger partial charge in [-0.15, -0.1) is 0 Å². The second-order valence-corrected chi connectivity index (χ2v) is 5.58. The molecule has 1 radical (unpaired) electrons. The first-order chi connectivity index (χ1) is 11.7. The molecule has 0 aliphatic rings. The van der Waals surface area contributed by atoms with Crippen LogP contribution in [0.15, 0.2) is 48.6 Å². The van der Waals surface area contributed by atoms with Crippen molar-refractivity contribution in [2.24, 2.45) is 0 Å². The van der Waals surface area contributed by atoms with Crippen LogP contribution < -0.4 is 0 Å². The van der Waals surface area contributed by atoms with Gasteiger partial charge in [0.05, 0.1) is 0 Å². The minimum atomic E-state index is -1.20. The molecule has 0 aromatic heterocycles. The molecule has 0 rings (SSSR count). The highest BCUT2D eigenvalue weighted by molar-refractivity contribution is 5.56. The topological polar surface area (TPSA) is 60.2 Å². The SMILES string of the molecule is CCCCC/C=C/C/C=C/C/C=C/C/C=C/CCC([C]=O)[N+](=O)[O-]. The molecule has 0 saturated heterocycles. The number of rotatable bonds is 15. The zero-order chi connectivity index (χ0) is 17.9. The van der Waals surface area contributed by atoms with Gasteiger partial charge in [-0.1, -0.05) is 68.4 Å². The lowest BCUT2D eigenvalue weighted by Crippen LogP contribution is -2.20. The maximum Gasteiger partial charge on any atom is 0.278 e. The van der Waals surface area contributed by atoms with Crippen LogP contribution >= 0.6 is 0 Å². The third-order valence-electron chi connectivity index (χ3n) is 3.45. The van der Waals surface area contributed by atoms with E-state index in [2.05, 4.69) is 43.4 Å². The van der Waals surface area contributed by atoms with Crippen LogP contribution in [0.5, 0.6) is 0 Å². The Morgan fingerprint density at radius 3 is 1.83 bits per heavy atom. The van der Waals surface area contributed by atoms with Crippen LogP contribution in [-0.4, -0.2) is 17.3 Å². The van der Waals surface area contributed by atoms with Crippen LogP contribution in [-0.2, 0) is 4.79 Å². The first-order valence-electron chi connectivity index (χ1n) is 8.83. The zero-order valence-corrected chi connectivity index (χ0v) is 14.7. The molecule has 0 saturated carbocycles. The molecule has 24 heavy (non-hydrogen) atoms. The Bertz CT molecular complexity index is 436. The van der Waals surface area contributed by atoms with E-state index >= 15 is 0 Å². The van der Waals surface area contributed by atoms with Crippen LogP contribution in [0.3, 0.4) is 0 Å². The maximum absolute atomic E-state index is 10.4. The lowest BCUT2D eigenvalue weighted by molar-refractivity contribution is -0.503. The Labute approximate surface area is 146 Å². The largest absolute Gasteiger partial charge is 0.283 e. The van der Waals surface area contributed by atoms with Crippen molar-refractivity contribution >= 4 is 6.29 Å². The Kier molecular flexibility index (Phi) is 16.0. The average Bonchev–Trinajstić information content (AvgIpc) is 2.57. The number of hydrogen-bond acceptors (Lipinski definition) is 3. The van der Waals surface area contributed by atoms with Crippen LogP contribution in [0.1, 0.15) is 64.7 Å². The van der Waals surface area contributed by atoms with Gasteiger partial charge in [0.1, 0.15) is 0 Å². The third-order valence-corrected chi connectivity index (χ3v) is 3.45. The van der Waals surface area contributed by atoms with Crippen molar-refractivity contribution in [2.45, 2.75) is 70.8 Å². The summed E-state index contributed by atoms with van der Waals surface area (Å²) in [4.78, 5) is 20.2. The summed E-state index contributed by atoms with van der Waals surface area (Å²) >= 11 is 0. The standard InChI is InChI=1S/C20H30NO3/c1-2-3-4-5-6-7-8-9-10-11-12-13-14-15-16-17-18-20(19-22)21(23)24/h6-7,9-10,12-13,15-16,20H,2-5,8,11,14,17-18H2,1H3/b7-6+,10-9+,13-12+,16-15+. The first kappa shape index (κ1) is 22.0. The summed E-state index contributed by atoms with van der Waals surface area (Å²) in [6.45, 7) is 2.22. The first-order valence-corrected chi connectivity index (χ1v) is 8.83. The van der Waals surface area contributed by atoms with Crippen molar-refractivity contribution in [3.05, 3.63) is 58.7 Å². The number of carbonyl (C=O) groups excluding carboxylic acids is 1. The van der Waals surface area contributed by atoms with Gasteiger partial charge in [0.25, 0.3) is 12.3 Å². The quantitative estimate of drug-likeness (QED) is 0.172. The summed E-state index contributed by atoms with van der Waals surface area (Å²) in [5.74, 6) is 0. The summed E-state index contributed by atoms with van der Waals surface area (Å²) in [7, 11) is 0. The number of nitrogens with zero attached hydrogens (tertiary/aromatic N) is 1. The van der Waals surface area contributed by atoms with Crippen molar-refractivity contribution in [1.29, 1.82) is 0 Å². The minimum Gasteiger partial charge on any atom is -0.283 e. The average molecular weight is 332 g/mol. The van der Waals surface area contributed by atoms with Crippen LogP contribution in [0.2, 0.25) is 0 Å². The van der Waals surface area contributed by atoms with Crippen LogP contribution in [0.25, 0.3) is 0 Å². The molecule has 1 unspecified atom stereocenters. The highest BCUT2D eigenvalue weighted by Crippen LogP contribution is 2.02. The molecule has 4 heteroatoms. The highest BCUT2D eigenvalue weighted by atomic mass is 16.6. The normalized spacial score (nSPS) is 13.5. The van der Waals surface area contributed by atoms with E-state index in [1.54, 1.807) is 0 Å². The van der Waals surface area contributed by atoms with Crippen molar-refractivity contribution in [1.82, 2.24) is 0 Å². The highest BCUT2D eigenvalue weighted by Gasteiger charge is 2.18. The van der Waals surface area contributed by atoms with E-state index < -0.39 is 11.0 Å². The van der Waals surface area contributed by atoms with Gasteiger partial charge in [-0.05, 0) is 38.5 Å². The second-order valence-electron chi connectivity index (χ2n) is 5.58. The Morgan fingerprint density at radius 2 is 1.38 bits per heavy atom. The molecule has 0 aromatic rings. The van der Waals surface area contributed by atoms with E-state index in [9.17, 15) is 14.9 Å². The van der Waals surface area contributed by atoms with Crippen molar-refractivity contribution in [3.63, 3.8) is 0 Å². The summed E-state index contributed by atoms with van der Waals surface area (Å²) < 4.78 is 0. The van der Waals surface area contributed by atoms with Gasteiger partial charge >= 0.3 is 0 Å². The van der Waals surface area contributed by atoms with Gasteiger partial charge in [-0.3, -0.25) is 14.9 Å². The molecule has 4 nitrogen and oxygen atoms in total. The molecule has 0 aliphatic carbocycles. The van der Waals surface area contributed by atoms with Gasteiger partial charge in [0.15, 0.2) is 0 Å². The lowest BCUT2D eigenvalue weighted by atomic mass is 10.1. The van der Waals surface area contributed by atoms with Crippen LogP contribution in [0, 0.1) is 10.1 Å². The summed E-state index contributed by atoms with van der Waals surface area (Å²) in [5, 5.41) is 10.4. The molecular formula is C20H30NO3. The Balaban J connectivity index is 3.58. The van der Waals surface area contributed by atoms with Crippen molar-refractivity contribution < 1.29 is 9.72 Å². The predicted molar refractivity (Wildman–Crippen MR) is 100 cm³/mol. The number of unbranched alkanes of at least 4 members (excludes halogenated alkanes) is 3. The fraction of sp³-hybridized carbons (Fsp3) is 0.550. The van der Waals surface area contributed by atoms with E-state index in [1.807, 2.05) is 12.2 Å². The number of hydrogen-bond donors (Lipinski definition) is 0. The molecular weight excluding hydrogens is 302 g/mol. The van der Waals surface area contributed by atoms with Gasteiger partial charge in [-0.2, -0.15) is 0 Å².